The third-order valence-electron chi connectivity index (χ3n) is 3.52. The molecule has 0 N–H and O–H groups in total. The third kappa shape index (κ3) is 2.03. The molecule has 1 aliphatic heterocycles. The second-order valence-corrected chi connectivity index (χ2v) is 7.11. The summed E-state index contributed by atoms with van der Waals surface area (Å²) in [7, 11) is -3.02. The average molecular weight is 279 g/mol. The summed E-state index contributed by atoms with van der Waals surface area (Å²) in [6, 6.07) is 5.13. The van der Waals surface area contributed by atoms with Crippen molar-refractivity contribution in [3.05, 3.63) is 29.7 Å². The van der Waals surface area contributed by atoms with Crippen molar-refractivity contribution >= 4 is 21.8 Å². The van der Waals surface area contributed by atoms with Gasteiger partial charge in [-0.1, -0.05) is 6.07 Å². The number of carbonyl (C=O) groups is 1. The van der Waals surface area contributed by atoms with Gasteiger partial charge < -0.3 is 0 Å². The fourth-order valence-electron chi connectivity index (χ4n) is 2.54. The molecule has 0 saturated carbocycles. The molecule has 0 amide bonds. The Bertz CT molecular complexity index is 736. The van der Waals surface area contributed by atoms with Gasteiger partial charge >= 0.3 is 0 Å². The lowest BCUT2D eigenvalue weighted by molar-refractivity contribution is 0.111. The maximum atomic E-state index is 11.9. The van der Waals surface area contributed by atoms with E-state index in [2.05, 4.69) is 10.2 Å². The van der Waals surface area contributed by atoms with Crippen LogP contribution in [0.3, 0.4) is 0 Å². The summed E-state index contributed by atoms with van der Waals surface area (Å²) in [5.74, 6) is 0.780. The molecule has 0 radical (unpaired) electrons. The number of aldehydes is 1. The van der Waals surface area contributed by atoms with Crippen LogP contribution in [0.2, 0.25) is 0 Å². The van der Waals surface area contributed by atoms with E-state index >= 15 is 0 Å². The Morgan fingerprint density at radius 2 is 2.21 bits per heavy atom. The Morgan fingerprint density at radius 3 is 2.89 bits per heavy atom. The highest BCUT2D eigenvalue weighted by molar-refractivity contribution is 7.92. The average Bonchev–Trinajstić information content (AvgIpc) is 2.94. The highest BCUT2D eigenvalue weighted by Crippen LogP contribution is 2.23. The first kappa shape index (κ1) is 12.3. The second-order valence-electron chi connectivity index (χ2n) is 4.71. The molecule has 2 aromatic heterocycles. The fourth-order valence-corrected chi connectivity index (χ4v) is 4.37. The molecule has 2 aromatic rings. The quantitative estimate of drug-likeness (QED) is 0.771. The van der Waals surface area contributed by atoms with E-state index in [0.29, 0.717) is 36.4 Å². The van der Waals surface area contributed by atoms with Crippen molar-refractivity contribution in [1.82, 2.24) is 14.6 Å². The SMILES string of the molecule is O=Cc1cccc2nnc(CC3CCCS3(=O)=O)n12. The predicted octanol–water partition coefficient (Wildman–Crippen LogP) is 0.661. The van der Waals surface area contributed by atoms with Gasteiger partial charge in [-0.05, 0) is 25.0 Å². The molecule has 7 heteroatoms. The Balaban J connectivity index is 2.04. The zero-order chi connectivity index (χ0) is 13.5. The number of fused-ring (bicyclic) bond motifs is 1. The minimum Gasteiger partial charge on any atom is -0.296 e. The molecule has 1 unspecified atom stereocenters. The minimum atomic E-state index is -3.02. The summed E-state index contributed by atoms with van der Waals surface area (Å²) in [6.07, 6.45) is 2.39. The number of sulfone groups is 1. The van der Waals surface area contributed by atoms with Crippen LogP contribution in [0, 0.1) is 0 Å². The normalized spacial score (nSPS) is 21.8. The lowest BCUT2D eigenvalue weighted by atomic mass is 10.2. The summed E-state index contributed by atoms with van der Waals surface area (Å²) >= 11 is 0. The lowest BCUT2D eigenvalue weighted by Gasteiger charge is -2.08. The molecular formula is C12H13N3O3S. The number of hydrogen-bond acceptors (Lipinski definition) is 5. The van der Waals surface area contributed by atoms with Gasteiger partial charge in [0, 0.05) is 6.42 Å². The van der Waals surface area contributed by atoms with Crippen LogP contribution in [0.25, 0.3) is 5.65 Å². The number of aromatic nitrogens is 3. The van der Waals surface area contributed by atoms with Gasteiger partial charge in [0.05, 0.1) is 16.7 Å². The van der Waals surface area contributed by atoms with Gasteiger partial charge in [0.1, 0.15) is 5.82 Å². The van der Waals surface area contributed by atoms with Gasteiger partial charge in [-0.2, -0.15) is 0 Å². The molecule has 3 heterocycles. The maximum Gasteiger partial charge on any atom is 0.166 e. The summed E-state index contributed by atoms with van der Waals surface area (Å²) in [6.45, 7) is 0. The first-order chi connectivity index (χ1) is 9.12. The molecule has 0 bridgehead atoms. The van der Waals surface area contributed by atoms with Crippen molar-refractivity contribution in [3.63, 3.8) is 0 Å². The monoisotopic (exact) mass is 279 g/mol. The zero-order valence-electron chi connectivity index (χ0n) is 10.2. The van der Waals surface area contributed by atoms with Gasteiger partial charge in [-0.25, -0.2) is 8.42 Å². The van der Waals surface area contributed by atoms with E-state index in [9.17, 15) is 13.2 Å². The molecular weight excluding hydrogens is 266 g/mol. The van der Waals surface area contributed by atoms with E-state index in [-0.39, 0.29) is 5.75 Å². The number of hydrogen-bond donors (Lipinski definition) is 0. The van der Waals surface area contributed by atoms with Crippen LogP contribution in [0.4, 0.5) is 0 Å². The summed E-state index contributed by atoms with van der Waals surface area (Å²) in [5.41, 5.74) is 1.00. The molecule has 1 aliphatic rings. The molecule has 100 valence electrons. The molecule has 0 aliphatic carbocycles. The molecule has 1 atom stereocenters. The largest absolute Gasteiger partial charge is 0.296 e. The molecule has 6 nitrogen and oxygen atoms in total. The zero-order valence-corrected chi connectivity index (χ0v) is 11.0. The highest BCUT2D eigenvalue weighted by atomic mass is 32.2. The Labute approximate surface area is 110 Å². The number of carbonyl (C=O) groups excluding carboxylic acids is 1. The van der Waals surface area contributed by atoms with Crippen LogP contribution in [-0.4, -0.2) is 40.3 Å². The maximum absolute atomic E-state index is 11.9. The Morgan fingerprint density at radius 1 is 1.37 bits per heavy atom. The van der Waals surface area contributed by atoms with Crippen molar-refractivity contribution in [3.8, 4) is 0 Å². The first-order valence-corrected chi connectivity index (χ1v) is 7.83. The number of nitrogens with zero attached hydrogens (tertiary/aromatic N) is 3. The molecule has 1 fully saturated rings. The molecule has 0 aromatic carbocycles. The summed E-state index contributed by atoms with van der Waals surface area (Å²) < 4.78 is 25.3. The van der Waals surface area contributed by atoms with Crippen molar-refractivity contribution < 1.29 is 13.2 Å². The molecule has 0 spiro atoms. The third-order valence-corrected chi connectivity index (χ3v) is 5.80. The smallest absolute Gasteiger partial charge is 0.166 e. The van der Waals surface area contributed by atoms with E-state index in [0.717, 1.165) is 6.29 Å². The van der Waals surface area contributed by atoms with E-state index in [4.69, 9.17) is 0 Å². The van der Waals surface area contributed by atoms with Gasteiger partial charge in [-0.3, -0.25) is 9.20 Å². The summed E-state index contributed by atoms with van der Waals surface area (Å²) in [4.78, 5) is 11.0. The number of rotatable bonds is 3. The summed E-state index contributed by atoms with van der Waals surface area (Å²) in [5, 5.41) is 7.60. The van der Waals surface area contributed by atoms with E-state index in [1.54, 1.807) is 22.6 Å². The van der Waals surface area contributed by atoms with Crippen molar-refractivity contribution in [1.29, 1.82) is 0 Å². The van der Waals surface area contributed by atoms with Crippen LogP contribution < -0.4 is 0 Å². The predicted molar refractivity (Wildman–Crippen MR) is 68.9 cm³/mol. The van der Waals surface area contributed by atoms with Crippen LogP contribution >= 0.6 is 0 Å². The Hall–Kier alpha value is -1.76. The van der Waals surface area contributed by atoms with Gasteiger partial charge in [0.25, 0.3) is 0 Å². The van der Waals surface area contributed by atoms with Gasteiger partial charge in [0.15, 0.2) is 21.8 Å². The second kappa shape index (κ2) is 4.41. The first-order valence-electron chi connectivity index (χ1n) is 6.11. The van der Waals surface area contributed by atoms with E-state index in [1.807, 2.05) is 0 Å². The van der Waals surface area contributed by atoms with Crippen LogP contribution in [0.5, 0.6) is 0 Å². The molecule has 1 saturated heterocycles. The number of pyridine rings is 1. The van der Waals surface area contributed by atoms with Crippen LogP contribution in [-0.2, 0) is 16.3 Å². The highest BCUT2D eigenvalue weighted by Gasteiger charge is 2.32. The van der Waals surface area contributed by atoms with Crippen molar-refractivity contribution in [2.75, 3.05) is 5.75 Å². The molecule has 19 heavy (non-hydrogen) atoms. The van der Waals surface area contributed by atoms with Crippen molar-refractivity contribution in [2.24, 2.45) is 0 Å². The standard InChI is InChI=1S/C12H13N3O3S/c16-8-9-3-1-5-11-13-14-12(15(9)11)7-10-4-2-6-19(10,17)18/h1,3,5,8,10H,2,4,6-7H2. The fraction of sp³-hybridized carbons (Fsp3) is 0.417. The van der Waals surface area contributed by atoms with Gasteiger partial charge in [-0.15, -0.1) is 10.2 Å². The van der Waals surface area contributed by atoms with Gasteiger partial charge in [0.2, 0.25) is 0 Å². The van der Waals surface area contributed by atoms with E-state index < -0.39 is 15.1 Å². The van der Waals surface area contributed by atoms with Crippen LogP contribution in [0.15, 0.2) is 18.2 Å². The Kier molecular flexibility index (Phi) is 2.85. The molecule has 3 rings (SSSR count). The van der Waals surface area contributed by atoms with E-state index in [1.165, 1.54) is 0 Å². The van der Waals surface area contributed by atoms with Crippen molar-refractivity contribution in [2.45, 2.75) is 24.5 Å². The van der Waals surface area contributed by atoms with Crippen LogP contribution in [0.1, 0.15) is 29.2 Å². The minimum absolute atomic E-state index is 0.245. The topological polar surface area (TPSA) is 81.4 Å². The lowest BCUT2D eigenvalue weighted by Crippen LogP contribution is -2.20.